The van der Waals surface area contributed by atoms with Crippen LogP contribution >= 0.6 is 15.9 Å². The number of halogens is 1. The third kappa shape index (κ3) is 5.42. The average molecular weight is 329 g/mol. The second kappa shape index (κ2) is 7.94. The minimum atomic E-state index is -0.347. The van der Waals surface area contributed by atoms with E-state index in [-0.39, 0.29) is 24.6 Å². The highest BCUT2D eigenvalue weighted by Crippen LogP contribution is 2.26. The van der Waals surface area contributed by atoms with Gasteiger partial charge in [-0.05, 0) is 40.0 Å². The van der Waals surface area contributed by atoms with Gasteiger partial charge in [-0.2, -0.15) is 0 Å². The van der Waals surface area contributed by atoms with Gasteiger partial charge in [0.15, 0.2) is 0 Å². The maximum Gasteiger partial charge on any atom is 0.305 e. The lowest BCUT2D eigenvalue weighted by atomic mass is 10.1. The van der Waals surface area contributed by atoms with Crippen molar-refractivity contribution >= 4 is 27.7 Å². The number of Topliss-reactive ketones (excluding diaryl/α,β-unsaturated/α-hetero) is 1. The van der Waals surface area contributed by atoms with Gasteiger partial charge in [-0.3, -0.25) is 9.59 Å². The van der Waals surface area contributed by atoms with E-state index in [1.54, 1.807) is 7.11 Å². The molecule has 0 amide bonds. The molecule has 0 radical (unpaired) electrons. The number of ether oxygens (including phenoxy) is 2. The SMILES string of the molecule is COC(=O)CCC(=O)CCc1ccc(OC)c(Br)c1. The van der Waals surface area contributed by atoms with Crippen molar-refractivity contribution in [1.82, 2.24) is 0 Å². The summed E-state index contributed by atoms with van der Waals surface area (Å²) in [7, 11) is 2.93. The van der Waals surface area contributed by atoms with Crippen LogP contribution in [0.2, 0.25) is 0 Å². The lowest BCUT2D eigenvalue weighted by Crippen LogP contribution is -2.06. The number of carbonyl (C=O) groups is 2. The smallest absolute Gasteiger partial charge is 0.305 e. The molecule has 0 atom stereocenters. The van der Waals surface area contributed by atoms with Crippen molar-refractivity contribution in [3.63, 3.8) is 0 Å². The fourth-order valence-electron chi connectivity index (χ4n) is 1.62. The Labute approximate surface area is 121 Å². The predicted octanol–water partition coefficient (Wildman–Crippen LogP) is 2.91. The second-order valence-corrected chi connectivity index (χ2v) is 4.94. The van der Waals surface area contributed by atoms with E-state index in [9.17, 15) is 9.59 Å². The lowest BCUT2D eigenvalue weighted by Gasteiger charge is -2.06. The Kier molecular flexibility index (Phi) is 6.56. The molecule has 104 valence electrons. The van der Waals surface area contributed by atoms with Crippen molar-refractivity contribution in [2.75, 3.05) is 14.2 Å². The van der Waals surface area contributed by atoms with Crippen molar-refractivity contribution in [2.45, 2.75) is 25.7 Å². The Bertz CT molecular complexity index is 457. The van der Waals surface area contributed by atoms with E-state index in [0.717, 1.165) is 15.8 Å². The minimum Gasteiger partial charge on any atom is -0.496 e. The third-order valence-electron chi connectivity index (χ3n) is 2.74. The summed E-state index contributed by atoms with van der Waals surface area (Å²) >= 11 is 3.40. The fourth-order valence-corrected chi connectivity index (χ4v) is 2.21. The fraction of sp³-hybridized carbons (Fsp3) is 0.429. The quantitative estimate of drug-likeness (QED) is 0.722. The molecule has 0 aliphatic rings. The number of esters is 1. The van der Waals surface area contributed by atoms with Crippen LogP contribution in [0.3, 0.4) is 0 Å². The Hall–Kier alpha value is -1.36. The summed E-state index contributed by atoms with van der Waals surface area (Å²) in [5, 5.41) is 0. The van der Waals surface area contributed by atoms with Crippen molar-refractivity contribution < 1.29 is 19.1 Å². The topological polar surface area (TPSA) is 52.6 Å². The van der Waals surface area contributed by atoms with Crippen LogP contribution in [0, 0.1) is 0 Å². The zero-order chi connectivity index (χ0) is 14.3. The monoisotopic (exact) mass is 328 g/mol. The Balaban J connectivity index is 2.42. The highest BCUT2D eigenvalue weighted by Gasteiger charge is 2.08. The number of aryl methyl sites for hydroxylation is 1. The second-order valence-electron chi connectivity index (χ2n) is 4.08. The highest BCUT2D eigenvalue weighted by molar-refractivity contribution is 9.10. The average Bonchev–Trinajstić information content (AvgIpc) is 2.42. The number of ketones is 1. The zero-order valence-electron chi connectivity index (χ0n) is 11.1. The maximum absolute atomic E-state index is 11.6. The molecular formula is C14H17BrO4. The first kappa shape index (κ1) is 15.7. The highest BCUT2D eigenvalue weighted by atomic mass is 79.9. The van der Waals surface area contributed by atoms with Crippen LogP contribution in [0.5, 0.6) is 5.75 Å². The first-order valence-electron chi connectivity index (χ1n) is 5.97. The van der Waals surface area contributed by atoms with Gasteiger partial charge in [0, 0.05) is 12.8 Å². The molecule has 1 aromatic carbocycles. The number of hydrogen-bond acceptors (Lipinski definition) is 4. The summed E-state index contributed by atoms with van der Waals surface area (Å²) in [6.45, 7) is 0. The summed E-state index contributed by atoms with van der Waals surface area (Å²) < 4.78 is 10.5. The molecule has 0 saturated carbocycles. The number of carbonyl (C=O) groups excluding carboxylic acids is 2. The van der Waals surface area contributed by atoms with Crippen LogP contribution in [-0.2, 0) is 20.7 Å². The molecular weight excluding hydrogens is 312 g/mol. The summed E-state index contributed by atoms with van der Waals surface area (Å²) in [5.41, 5.74) is 1.05. The first-order chi connectivity index (χ1) is 9.06. The van der Waals surface area contributed by atoms with Crippen LogP contribution in [-0.4, -0.2) is 26.0 Å². The molecule has 0 bridgehead atoms. The van der Waals surface area contributed by atoms with E-state index in [4.69, 9.17) is 4.74 Å². The van der Waals surface area contributed by atoms with E-state index in [1.807, 2.05) is 18.2 Å². The van der Waals surface area contributed by atoms with Gasteiger partial charge in [0.05, 0.1) is 25.1 Å². The number of hydrogen-bond donors (Lipinski definition) is 0. The van der Waals surface area contributed by atoms with Crippen LogP contribution in [0.25, 0.3) is 0 Å². The minimum absolute atomic E-state index is 0.0670. The normalized spacial score (nSPS) is 10.1. The molecule has 0 N–H and O–H groups in total. The summed E-state index contributed by atoms with van der Waals surface area (Å²) in [6.07, 6.45) is 1.48. The van der Waals surface area contributed by atoms with Gasteiger partial charge in [-0.25, -0.2) is 0 Å². The van der Waals surface area contributed by atoms with Crippen molar-refractivity contribution in [3.8, 4) is 5.75 Å². The van der Waals surface area contributed by atoms with Gasteiger partial charge < -0.3 is 9.47 Å². The summed E-state index contributed by atoms with van der Waals surface area (Å²) in [4.78, 5) is 22.5. The summed E-state index contributed by atoms with van der Waals surface area (Å²) in [6, 6.07) is 5.72. The number of methoxy groups -OCH3 is 2. The van der Waals surface area contributed by atoms with E-state index >= 15 is 0 Å². The van der Waals surface area contributed by atoms with E-state index in [2.05, 4.69) is 20.7 Å². The van der Waals surface area contributed by atoms with Gasteiger partial charge in [0.25, 0.3) is 0 Å². The molecule has 1 aromatic rings. The predicted molar refractivity (Wildman–Crippen MR) is 75.3 cm³/mol. The van der Waals surface area contributed by atoms with E-state index < -0.39 is 0 Å². The third-order valence-corrected chi connectivity index (χ3v) is 3.36. The van der Waals surface area contributed by atoms with Crippen LogP contribution in [0.1, 0.15) is 24.8 Å². The van der Waals surface area contributed by atoms with Gasteiger partial charge >= 0.3 is 5.97 Å². The molecule has 0 saturated heterocycles. The largest absolute Gasteiger partial charge is 0.496 e. The van der Waals surface area contributed by atoms with Crippen LogP contribution < -0.4 is 4.74 Å². The van der Waals surface area contributed by atoms with Gasteiger partial charge in [-0.15, -0.1) is 0 Å². The number of rotatable bonds is 7. The maximum atomic E-state index is 11.6. The van der Waals surface area contributed by atoms with Gasteiger partial charge in [0.1, 0.15) is 11.5 Å². The Morgan fingerprint density at radius 1 is 1.16 bits per heavy atom. The van der Waals surface area contributed by atoms with Crippen molar-refractivity contribution in [3.05, 3.63) is 28.2 Å². The van der Waals surface area contributed by atoms with Crippen molar-refractivity contribution in [2.24, 2.45) is 0 Å². The van der Waals surface area contributed by atoms with Gasteiger partial charge in [-0.1, -0.05) is 6.07 Å². The summed E-state index contributed by atoms with van der Waals surface area (Å²) in [5.74, 6) is 0.485. The molecule has 1 rings (SSSR count). The molecule has 19 heavy (non-hydrogen) atoms. The zero-order valence-corrected chi connectivity index (χ0v) is 12.7. The molecule has 4 nitrogen and oxygen atoms in total. The lowest BCUT2D eigenvalue weighted by molar-refractivity contribution is -0.141. The van der Waals surface area contributed by atoms with Gasteiger partial charge in [0.2, 0.25) is 0 Å². The van der Waals surface area contributed by atoms with Crippen LogP contribution in [0.15, 0.2) is 22.7 Å². The van der Waals surface area contributed by atoms with Crippen molar-refractivity contribution in [1.29, 1.82) is 0 Å². The molecule has 0 heterocycles. The molecule has 0 aromatic heterocycles. The molecule has 5 heteroatoms. The van der Waals surface area contributed by atoms with Crippen LogP contribution in [0.4, 0.5) is 0 Å². The van der Waals surface area contributed by atoms with E-state index in [0.29, 0.717) is 12.8 Å². The Morgan fingerprint density at radius 2 is 1.89 bits per heavy atom. The first-order valence-corrected chi connectivity index (χ1v) is 6.77. The molecule has 0 aliphatic carbocycles. The molecule has 0 spiro atoms. The standard InChI is InChI=1S/C14H17BrO4/c1-18-13-7-4-10(9-12(13)15)3-5-11(16)6-8-14(17)19-2/h4,7,9H,3,5-6,8H2,1-2H3. The molecule has 0 unspecified atom stereocenters. The number of benzene rings is 1. The van der Waals surface area contributed by atoms with E-state index in [1.165, 1.54) is 7.11 Å². The Morgan fingerprint density at radius 3 is 2.47 bits per heavy atom. The molecule has 0 fully saturated rings. The molecule has 0 aliphatic heterocycles.